The lowest BCUT2D eigenvalue weighted by molar-refractivity contribution is 0.669. The lowest BCUT2D eigenvalue weighted by atomic mass is 9.93. The third kappa shape index (κ3) is 6.68. The van der Waals surface area contributed by atoms with Gasteiger partial charge in [-0.25, -0.2) is 4.99 Å². The molecule has 12 aromatic rings. The van der Waals surface area contributed by atoms with Crippen LogP contribution >= 0.6 is 22.7 Å². The van der Waals surface area contributed by atoms with Gasteiger partial charge in [0.05, 0.1) is 6.54 Å². The molecular weight excluding hydrogens is 807 g/mol. The molecule has 298 valence electrons. The van der Waals surface area contributed by atoms with Crippen LogP contribution in [0.2, 0.25) is 0 Å². The van der Waals surface area contributed by atoms with Crippen LogP contribution in [0.5, 0.6) is 0 Å². The smallest absolute Gasteiger partial charge is 0.157 e. The predicted octanol–water partition coefficient (Wildman–Crippen LogP) is 15.7. The van der Waals surface area contributed by atoms with Gasteiger partial charge in [-0.1, -0.05) is 152 Å². The molecule has 0 spiro atoms. The summed E-state index contributed by atoms with van der Waals surface area (Å²) in [5, 5.41) is 7.03. The summed E-state index contributed by atoms with van der Waals surface area (Å²) < 4.78 is 11.7. The highest BCUT2D eigenvalue weighted by atomic mass is 32.1. The molecule has 2 N–H and O–H groups in total. The molecule has 0 aliphatic rings. The van der Waals surface area contributed by atoms with E-state index in [1.165, 1.54) is 57.0 Å². The first-order valence-electron chi connectivity index (χ1n) is 21.0. The molecule has 0 aliphatic heterocycles. The topological polar surface area (TPSA) is 63.9 Å². The monoisotopic (exact) mass is 843 g/mol. The van der Waals surface area contributed by atoms with Crippen LogP contribution in [-0.2, 0) is 6.54 Å². The Bertz CT molecular complexity index is 3760. The minimum absolute atomic E-state index is 0.373. The Morgan fingerprint density at radius 3 is 1.92 bits per heavy atom. The van der Waals surface area contributed by atoms with Crippen LogP contribution in [0.15, 0.2) is 215 Å². The van der Waals surface area contributed by atoms with Crippen molar-refractivity contribution in [1.82, 2.24) is 0 Å². The van der Waals surface area contributed by atoms with Crippen molar-refractivity contribution in [1.29, 1.82) is 0 Å². The molecule has 3 heterocycles. The van der Waals surface area contributed by atoms with Crippen molar-refractivity contribution >= 4 is 96.6 Å². The van der Waals surface area contributed by atoms with E-state index in [2.05, 4.69) is 158 Å². The van der Waals surface area contributed by atoms with Crippen LogP contribution in [0.1, 0.15) is 16.7 Å². The van der Waals surface area contributed by atoms with Gasteiger partial charge in [-0.15, -0.1) is 22.7 Å². The Morgan fingerprint density at radius 2 is 1.10 bits per heavy atom. The van der Waals surface area contributed by atoms with Crippen molar-refractivity contribution in [2.45, 2.75) is 6.54 Å². The average Bonchev–Trinajstić information content (AvgIpc) is 4.04. The summed E-state index contributed by atoms with van der Waals surface area (Å²) >= 11 is 3.70. The summed E-state index contributed by atoms with van der Waals surface area (Å²) in [6.07, 6.45) is 0. The second-order valence-electron chi connectivity index (χ2n) is 15.9. The van der Waals surface area contributed by atoms with Gasteiger partial charge in [-0.2, -0.15) is 0 Å². The number of thiophene rings is 2. The zero-order chi connectivity index (χ0) is 41.9. The standard InChI is InChI=1S/C57H37N3OS2/c58-56(60-57(59-34-35-12-3-1-4-13-35)38-24-22-37(23-25-38)36-14-5-2-6-15-36)45-18-11-19-49-54(45)47-30-40(27-29-48(47)61-49)46-31-41(33-53-55(46)44-17-8-10-21-51(44)63-53)39-26-28-43-42-16-7-9-20-50(42)62-52(43)32-39/h1-33H,34H2,(H2,58,59,60). The number of amidine groups is 2. The molecule has 63 heavy (non-hydrogen) atoms. The highest BCUT2D eigenvalue weighted by Gasteiger charge is 2.19. The van der Waals surface area contributed by atoms with Crippen molar-refractivity contribution in [3.05, 3.63) is 217 Å². The van der Waals surface area contributed by atoms with Crippen LogP contribution in [0.3, 0.4) is 0 Å². The number of hydrogen-bond acceptors (Lipinski definition) is 4. The summed E-state index contributed by atoms with van der Waals surface area (Å²) in [5.41, 5.74) is 18.4. The van der Waals surface area contributed by atoms with Gasteiger partial charge in [0, 0.05) is 62.2 Å². The number of furan rings is 1. The molecule has 12 rings (SSSR count). The fraction of sp³-hybridized carbons (Fsp3) is 0.0175. The van der Waals surface area contributed by atoms with Gasteiger partial charge in [0.25, 0.3) is 0 Å². The van der Waals surface area contributed by atoms with E-state index < -0.39 is 0 Å². The van der Waals surface area contributed by atoms with E-state index in [4.69, 9.17) is 20.1 Å². The first-order valence-corrected chi connectivity index (χ1v) is 22.7. The normalized spacial score (nSPS) is 12.4. The molecule has 9 aromatic carbocycles. The van der Waals surface area contributed by atoms with Gasteiger partial charge < -0.3 is 10.2 Å². The fourth-order valence-electron chi connectivity index (χ4n) is 8.92. The van der Waals surface area contributed by atoms with Gasteiger partial charge in [0.2, 0.25) is 0 Å². The van der Waals surface area contributed by atoms with E-state index in [1.807, 2.05) is 65.1 Å². The third-order valence-corrected chi connectivity index (χ3v) is 14.3. The van der Waals surface area contributed by atoms with Gasteiger partial charge in [0.15, 0.2) is 5.84 Å². The second kappa shape index (κ2) is 15.4. The molecule has 0 aliphatic carbocycles. The number of aliphatic imine (C=N–C) groups is 2. The molecule has 0 saturated carbocycles. The largest absolute Gasteiger partial charge is 0.456 e. The van der Waals surface area contributed by atoms with Crippen molar-refractivity contribution in [2.24, 2.45) is 15.7 Å². The Hall–Kier alpha value is -7.64. The third-order valence-electron chi connectivity index (χ3n) is 12.0. The Balaban J connectivity index is 0.997. The van der Waals surface area contributed by atoms with Gasteiger partial charge in [0.1, 0.15) is 17.0 Å². The number of nitrogens with zero attached hydrogens (tertiary/aromatic N) is 2. The number of fused-ring (bicyclic) bond motifs is 9. The lowest BCUT2D eigenvalue weighted by Gasteiger charge is -2.11. The first kappa shape index (κ1) is 37.1. The van der Waals surface area contributed by atoms with Crippen LogP contribution in [0.4, 0.5) is 0 Å². The number of nitrogens with two attached hydrogens (primary N) is 1. The van der Waals surface area contributed by atoms with E-state index in [9.17, 15) is 0 Å². The van der Waals surface area contributed by atoms with Crippen LogP contribution in [0.25, 0.3) is 95.7 Å². The van der Waals surface area contributed by atoms with Crippen LogP contribution in [-0.4, -0.2) is 11.7 Å². The predicted molar refractivity (Wildman–Crippen MR) is 270 cm³/mol. The molecule has 0 saturated heterocycles. The molecule has 4 nitrogen and oxygen atoms in total. The average molecular weight is 844 g/mol. The van der Waals surface area contributed by atoms with Gasteiger partial charge in [-0.3, -0.25) is 4.99 Å². The molecule has 0 radical (unpaired) electrons. The maximum atomic E-state index is 7.09. The fourth-order valence-corrected chi connectivity index (χ4v) is 11.2. The van der Waals surface area contributed by atoms with E-state index in [1.54, 1.807) is 0 Å². The zero-order valence-corrected chi connectivity index (χ0v) is 35.6. The molecule has 0 unspecified atom stereocenters. The minimum Gasteiger partial charge on any atom is -0.456 e. The minimum atomic E-state index is 0.373. The summed E-state index contributed by atoms with van der Waals surface area (Å²) in [6.45, 7) is 0.471. The van der Waals surface area contributed by atoms with Crippen LogP contribution in [0, 0.1) is 0 Å². The van der Waals surface area contributed by atoms with Crippen molar-refractivity contribution in [3.8, 4) is 33.4 Å². The van der Waals surface area contributed by atoms with Gasteiger partial charge >= 0.3 is 0 Å². The maximum Gasteiger partial charge on any atom is 0.157 e. The van der Waals surface area contributed by atoms with E-state index in [0.29, 0.717) is 18.2 Å². The summed E-state index contributed by atoms with van der Waals surface area (Å²) in [4.78, 5) is 10.2. The summed E-state index contributed by atoms with van der Waals surface area (Å²) in [6, 6.07) is 70.6. The van der Waals surface area contributed by atoms with Gasteiger partial charge in [-0.05, 0) is 87.5 Å². The Morgan fingerprint density at radius 1 is 0.444 bits per heavy atom. The molecule has 3 aromatic heterocycles. The second-order valence-corrected chi connectivity index (χ2v) is 18.0. The Labute approximate surface area is 371 Å². The van der Waals surface area contributed by atoms with Crippen molar-refractivity contribution < 1.29 is 4.42 Å². The lowest BCUT2D eigenvalue weighted by Crippen LogP contribution is -2.17. The molecule has 0 fully saturated rings. The highest BCUT2D eigenvalue weighted by molar-refractivity contribution is 7.26. The summed E-state index contributed by atoms with van der Waals surface area (Å²) in [7, 11) is 0. The first-order chi connectivity index (χ1) is 31.1. The number of rotatable bonds is 7. The van der Waals surface area contributed by atoms with E-state index >= 15 is 0 Å². The molecule has 0 bridgehead atoms. The van der Waals surface area contributed by atoms with Crippen molar-refractivity contribution in [2.75, 3.05) is 0 Å². The van der Waals surface area contributed by atoms with E-state index in [0.717, 1.165) is 55.3 Å². The quantitative estimate of drug-likeness (QED) is 0.128. The van der Waals surface area contributed by atoms with Crippen molar-refractivity contribution in [3.63, 3.8) is 0 Å². The maximum absolute atomic E-state index is 7.09. The van der Waals surface area contributed by atoms with Crippen LogP contribution < -0.4 is 5.73 Å². The highest BCUT2D eigenvalue weighted by Crippen LogP contribution is 2.45. The SMILES string of the molecule is NC(=NC(=NCc1ccccc1)c1ccc(-c2ccccc2)cc1)c1cccc2oc3ccc(-c4cc(-c5ccc6c(c5)sc5ccccc56)cc5sc6ccccc6c45)cc3c12. The molecular formula is C57H37N3OS2. The summed E-state index contributed by atoms with van der Waals surface area (Å²) in [5.74, 6) is 0.941. The zero-order valence-electron chi connectivity index (χ0n) is 34.0. The number of benzene rings is 9. The van der Waals surface area contributed by atoms with E-state index in [-0.39, 0.29) is 0 Å². The molecule has 0 atom stereocenters. The molecule has 6 heteroatoms. The number of hydrogen-bond donors (Lipinski definition) is 1. The Kier molecular flexibility index (Phi) is 9.06. The molecule has 0 amide bonds.